The van der Waals surface area contributed by atoms with Crippen molar-refractivity contribution in [2.45, 2.75) is 59.2 Å². The van der Waals surface area contributed by atoms with E-state index in [1.54, 1.807) is 49.1 Å². The summed E-state index contributed by atoms with van der Waals surface area (Å²) in [5.41, 5.74) is 2.49. The van der Waals surface area contributed by atoms with E-state index < -0.39 is 11.6 Å². The monoisotopic (exact) mass is 485 g/mol. The number of carbonyl (C=O) groups is 2. The molecule has 3 rings (SSSR count). The van der Waals surface area contributed by atoms with E-state index in [0.29, 0.717) is 37.3 Å². The molecule has 1 amide bonds. The van der Waals surface area contributed by atoms with E-state index >= 15 is 0 Å². The molecule has 1 aliphatic heterocycles. The molecule has 2 atom stereocenters. The number of hydrogen-bond acceptors (Lipinski definition) is 5. The Hall–Kier alpha value is -3.13. The predicted molar refractivity (Wildman–Crippen MR) is 134 cm³/mol. The number of aryl methyl sites for hydroxylation is 2. The number of ether oxygens (including phenoxy) is 1. The molecule has 1 unspecified atom stereocenters. The van der Waals surface area contributed by atoms with Gasteiger partial charge in [-0.25, -0.2) is 14.0 Å². The van der Waals surface area contributed by atoms with Crippen LogP contribution in [0.25, 0.3) is 0 Å². The van der Waals surface area contributed by atoms with Crippen LogP contribution in [0.4, 0.5) is 14.9 Å². The van der Waals surface area contributed by atoms with Gasteiger partial charge in [-0.1, -0.05) is 12.1 Å². The molecule has 0 saturated carbocycles. The van der Waals surface area contributed by atoms with Gasteiger partial charge in [-0.3, -0.25) is 4.90 Å². The van der Waals surface area contributed by atoms with Gasteiger partial charge < -0.3 is 20.1 Å². The third-order valence-corrected chi connectivity index (χ3v) is 6.18. The van der Waals surface area contributed by atoms with Crippen molar-refractivity contribution in [3.05, 3.63) is 64.5 Å². The first-order valence-electron chi connectivity index (χ1n) is 11.9. The summed E-state index contributed by atoms with van der Waals surface area (Å²) < 4.78 is 20.0. The normalized spacial score (nSPS) is 17.7. The van der Waals surface area contributed by atoms with E-state index in [1.165, 1.54) is 0 Å². The quantitative estimate of drug-likeness (QED) is 0.583. The Kier molecular flexibility index (Phi) is 8.05. The number of carboxylic acid groups (broad SMARTS) is 1. The van der Waals surface area contributed by atoms with Crippen LogP contribution in [0, 0.1) is 19.7 Å². The van der Waals surface area contributed by atoms with Gasteiger partial charge in [-0.2, -0.15) is 0 Å². The van der Waals surface area contributed by atoms with Crippen molar-refractivity contribution in [2.24, 2.45) is 0 Å². The van der Waals surface area contributed by atoms with Crippen LogP contribution in [0.5, 0.6) is 0 Å². The molecule has 8 heteroatoms. The third-order valence-electron chi connectivity index (χ3n) is 6.18. The van der Waals surface area contributed by atoms with E-state index in [0.717, 1.165) is 11.3 Å². The summed E-state index contributed by atoms with van der Waals surface area (Å²) in [6, 6.07) is 10.1. The smallest absolute Gasteiger partial charge is 0.410 e. The number of benzene rings is 2. The molecule has 190 valence electrons. The maximum atomic E-state index is 14.4. The first-order valence-corrected chi connectivity index (χ1v) is 11.9. The van der Waals surface area contributed by atoms with E-state index in [1.807, 2.05) is 33.8 Å². The number of halogens is 1. The predicted octanol–water partition coefficient (Wildman–Crippen LogP) is 5.24. The minimum atomic E-state index is -0.969. The van der Waals surface area contributed by atoms with Gasteiger partial charge in [0.15, 0.2) is 0 Å². The molecule has 0 aliphatic carbocycles. The zero-order chi connectivity index (χ0) is 25.9. The van der Waals surface area contributed by atoms with Crippen LogP contribution in [0.2, 0.25) is 0 Å². The molecule has 1 heterocycles. The van der Waals surface area contributed by atoms with Crippen LogP contribution in [0.3, 0.4) is 0 Å². The van der Waals surface area contributed by atoms with E-state index in [2.05, 4.69) is 10.2 Å². The number of rotatable bonds is 6. The van der Waals surface area contributed by atoms with Gasteiger partial charge in [-0.15, -0.1) is 0 Å². The zero-order valence-corrected chi connectivity index (χ0v) is 21.4. The SMILES string of the molecule is Cc1ccc(C(CN2CCN(C(=O)OC(C)(C)C)[C@H](C)C2)Nc2ccc(C(=O)O)c(C)c2)cc1F. The highest BCUT2D eigenvalue weighted by molar-refractivity contribution is 5.89. The minimum absolute atomic E-state index is 0.0360. The lowest BCUT2D eigenvalue weighted by Gasteiger charge is -2.41. The molecule has 0 radical (unpaired) electrons. The molecule has 35 heavy (non-hydrogen) atoms. The van der Waals surface area contributed by atoms with Crippen LogP contribution in [-0.4, -0.2) is 64.8 Å². The van der Waals surface area contributed by atoms with Crippen molar-refractivity contribution in [1.82, 2.24) is 9.80 Å². The van der Waals surface area contributed by atoms with Gasteiger partial charge >= 0.3 is 12.1 Å². The molecule has 0 spiro atoms. The number of piperazine rings is 1. The summed E-state index contributed by atoms with van der Waals surface area (Å²) in [5, 5.41) is 12.8. The standard InChI is InChI=1S/C27H36FN3O4/c1-17-7-8-20(14-23(17)28)24(29-21-9-10-22(25(32)33)18(2)13-21)16-30-11-12-31(19(3)15-30)26(34)35-27(4,5)6/h7-10,13-14,19,24,29H,11-12,15-16H2,1-6H3,(H,32,33)/t19-,24?/m1/s1. The lowest BCUT2D eigenvalue weighted by molar-refractivity contribution is 0.00108. The fraction of sp³-hybridized carbons (Fsp3) is 0.481. The molecule has 1 saturated heterocycles. The van der Waals surface area contributed by atoms with Crippen LogP contribution in [0.1, 0.15) is 60.8 Å². The molecule has 0 aromatic heterocycles. The Morgan fingerprint density at radius 3 is 2.43 bits per heavy atom. The highest BCUT2D eigenvalue weighted by Gasteiger charge is 2.32. The molecule has 0 bridgehead atoms. The molecule has 1 fully saturated rings. The van der Waals surface area contributed by atoms with Crippen molar-refractivity contribution in [3.63, 3.8) is 0 Å². The highest BCUT2D eigenvalue weighted by atomic mass is 19.1. The zero-order valence-electron chi connectivity index (χ0n) is 21.4. The maximum absolute atomic E-state index is 14.4. The number of nitrogens with one attached hydrogen (secondary N) is 1. The van der Waals surface area contributed by atoms with Gasteiger partial charge in [0.2, 0.25) is 0 Å². The maximum Gasteiger partial charge on any atom is 0.410 e. The molecule has 2 aromatic carbocycles. The van der Waals surface area contributed by atoms with E-state index in [4.69, 9.17) is 4.74 Å². The average molecular weight is 486 g/mol. The Balaban J connectivity index is 1.78. The fourth-order valence-corrected chi connectivity index (χ4v) is 4.30. The van der Waals surface area contributed by atoms with Crippen LogP contribution < -0.4 is 5.32 Å². The Morgan fingerprint density at radius 2 is 1.86 bits per heavy atom. The van der Waals surface area contributed by atoms with Crippen molar-refractivity contribution in [2.75, 3.05) is 31.5 Å². The fourth-order valence-electron chi connectivity index (χ4n) is 4.30. The third kappa shape index (κ3) is 6.94. The Labute approximate surface area is 206 Å². The van der Waals surface area contributed by atoms with Crippen molar-refractivity contribution >= 4 is 17.7 Å². The Bertz CT molecular complexity index is 1080. The largest absolute Gasteiger partial charge is 0.478 e. The highest BCUT2D eigenvalue weighted by Crippen LogP contribution is 2.26. The first-order chi connectivity index (χ1) is 16.3. The number of amides is 1. The summed E-state index contributed by atoms with van der Waals surface area (Å²) in [6.07, 6.45) is -0.311. The van der Waals surface area contributed by atoms with Crippen molar-refractivity contribution in [3.8, 4) is 0 Å². The van der Waals surface area contributed by atoms with Gasteiger partial charge in [0, 0.05) is 37.9 Å². The summed E-state index contributed by atoms with van der Waals surface area (Å²) in [7, 11) is 0. The number of carbonyl (C=O) groups excluding carboxylic acids is 1. The van der Waals surface area contributed by atoms with Crippen LogP contribution >= 0.6 is 0 Å². The molecular weight excluding hydrogens is 449 g/mol. The number of hydrogen-bond donors (Lipinski definition) is 2. The van der Waals surface area contributed by atoms with E-state index in [-0.39, 0.29) is 29.6 Å². The molecule has 2 aromatic rings. The number of aromatic carboxylic acids is 1. The average Bonchev–Trinajstić information content (AvgIpc) is 2.74. The second-order valence-electron chi connectivity index (χ2n) is 10.3. The topological polar surface area (TPSA) is 82.1 Å². The van der Waals surface area contributed by atoms with Gasteiger partial charge in [0.1, 0.15) is 11.4 Å². The first kappa shape index (κ1) is 26.5. The number of carboxylic acids is 1. The summed E-state index contributed by atoms with van der Waals surface area (Å²) in [5.74, 6) is -1.24. The van der Waals surface area contributed by atoms with Crippen LogP contribution in [0.15, 0.2) is 36.4 Å². The molecule has 7 nitrogen and oxygen atoms in total. The second kappa shape index (κ2) is 10.6. The number of nitrogens with zero attached hydrogens (tertiary/aromatic N) is 2. The van der Waals surface area contributed by atoms with Gasteiger partial charge in [0.05, 0.1) is 11.6 Å². The van der Waals surface area contributed by atoms with Gasteiger partial charge in [0.25, 0.3) is 0 Å². The summed E-state index contributed by atoms with van der Waals surface area (Å²) in [6.45, 7) is 13.5. The molecule has 2 N–H and O–H groups in total. The van der Waals surface area contributed by atoms with Crippen molar-refractivity contribution in [1.29, 1.82) is 0 Å². The van der Waals surface area contributed by atoms with Crippen LogP contribution in [-0.2, 0) is 4.74 Å². The second-order valence-corrected chi connectivity index (χ2v) is 10.3. The molecule has 1 aliphatic rings. The lowest BCUT2D eigenvalue weighted by Crippen LogP contribution is -2.55. The Morgan fingerprint density at radius 1 is 1.14 bits per heavy atom. The van der Waals surface area contributed by atoms with Crippen molar-refractivity contribution < 1.29 is 23.8 Å². The summed E-state index contributed by atoms with van der Waals surface area (Å²) in [4.78, 5) is 28.0. The van der Waals surface area contributed by atoms with Gasteiger partial charge in [-0.05, 0) is 82.5 Å². The lowest BCUT2D eigenvalue weighted by atomic mass is 10.0. The number of anilines is 1. The van der Waals surface area contributed by atoms with E-state index in [9.17, 15) is 19.1 Å². The summed E-state index contributed by atoms with van der Waals surface area (Å²) >= 11 is 0. The molecular formula is C27H36FN3O4. The minimum Gasteiger partial charge on any atom is -0.478 e.